The molecule has 0 aliphatic heterocycles. The summed E-state index contributed by atoms with van der Waals surface area (Å²) in [5, 5.41) is 10.2. The molecule has 0 fully saturated rings. The van der Waals surface area contributed by atoms with Gasteiger partial charge in [0, 0.05) is 37.1 Å². The number of ketones is 1. The maximum atomic E-state index is 12.3. The van der Waals surface area contributed by atoms with Crippen molar-refractivity contribution in [3.05, 3.63) is 65.2 Å². The molecule has 0 bridgehead atoms. The second kappa shape index (κ2) is 5.48. The summed E-state index contributed by atoms with van der Waals surface area (Å²) in [5.74, 6) is -0.198. The van der Waals surface area contributed by atoms with E-state index < -0.39 is 0 Å². The van der Waals surface area contributed by atoms with E-state index in [0.29, 0.717) is 11.1 Å². The maximum absolute atomic E-state index is 12.3. The number of aliphatic hydroxyl groups is 1. The number of carbonyl (C=O) groups is 1. The van der Waals surface area contributed by atoms with Crippen LogP contribution >= 0.6 is 0 Å². The molecule has 0 radical (unpaired) electrons. The fraction of sp³-hybridized carbons (Fsp3) is 0.111. The molecule has 22 heavy (non-hydrogen) atoms. The lowest BCUT2D eigenvalue weighted by Gasteiger charge is -2.11. The maximum Gasteiger partial charge on any atom is 0.199 e. The minimum Gasteiger partial charge on any atom is -0.506 e. The molecule has 3 rings (SSSR count). The molecular weight excluding hydrogens is 276 g/mol. The van der Waals surface area contributed by atoms with Gasteiger partial charge in [0.2, 0.25) is 0 Å². The lowest BCUT2D eigenvalue weighted by molar-refractivity contribution is 0.104. The minimum atomic E-state index is -0.193. The number of rotatable bonds is 3. The van der Waals surface area contributed by atoms with Gasteiger partial charge in [0.15, 0.2) is 5.78 Å². The Bertz CT molecular complexity index is 787. The Hall–Kier alpha value is -2.88. The minimum absolute atomic E-state index is 0.00531. The highest BCUT2D eigenvalue weighted by Gasteiger charge is 2.27. The van der Waals surface area contributed by atoms with Gasteiger partial charge in [0.25, 0.3) is 0 Å². The summed E-state index contributed by atoms with van der Waals surface area (Å²) < 4.78 is 0. The lowest BCUT2D eigenvalue weighted by Crippen LogP contribution is -2.07. The number of Topliss-reactive ketones (excluding diaryl/α,β-unsaturated/α-hetero) is 1. The molecule has 0 unspecified atom stereocenters. The van der Waals surface area contributed by atoms with E-state index in [4.69, 9.17) is 0 Å². The second-order valence-electron chi connectivity index (χ2n) is 5.31. The highest BCUT2D eigenvalue weighted by atomic mass is 16.3. The van der Waals surface area contributed by atoms with Crippen LogP contribution in [0.4, 0.5) is 11.4 Å². The number of hydrogen-bond acceptors (Lipinski definition) is 4. The van der Waals surface area contributed by atoms with Crippen LogP contribution in [-0.4, -0.2) is 31.2 Å². The quantitative estimate of drug-likeness (QED) is 0.879. The van der Waals surface area contributed by atoms with Crippen molar-refractivity contribution in [2.45, 2.75) is 0 Å². The third kappa shape index (κ3) is 2.39. The van der Waals surface area contributed by atoms with Crippen molar-refractivity contribution >= 4 is 29.1 Å². The zero-order chi connectivity index (χ0) is 15.7. The van der Waals surface area contributed by atoms with Gasteiger partial charge in [-0.25, -0.2) is 0 Å². The number of carbonyl (C=O) groups excluding carboxylic acids is 1. The van der Waals surface area contributed by atoms with Crippen molar-refractivity contribution in [3.63, 3.8) is 0 Å². The lowest BCUT2D eigenvalue weighted by atomic mass is 10.1. The summed E-state index contributed by atoms with van der Waals surface area (Å²) in [6, 6.07) is 14.7. The van der Waals surface area contributed by atoms with Gasteiger partial charge in [-0.05, 0) is 24.3 Å². The molecule has 110 valence electrons. The van der Waals surface area contributed by atoms with Gasteiger partial charge >= 0.3 is 0 Å². The van der Waals surface area contributed by atoms with Crippen LogP contribution in [0.3, 0.4) is 0 Å². The summed E-state index contributed by atoms with van der Waals surface area (Å²) in [6.07, 6.45) is 1.43. The van der Waals surface area contributed by atoms with Crippen LogP contribution in [0.15, 0.2) is 59.1 Å². The average molecular weight is 292 g/mol. The standard InChI is InChI=1S/C18H16N2O2/c1-20(2)13-9-7-12(8-10-13)19-11-16-17(21)14-5-3-4-6-15(14)18(16)22/h3-11,21H,1-2H3. The zero-order valence-electron chi connectivity index (χ0n) is 12.4. The summed E-state index contributed by atoms with van der Waals surface area (Å²) in [5.41, 5.74) is 3.12. The third-order valence-corrected chi connectivity index (χ3v) is 3.64. The smallest absolute Gasteiger partial charge is 0.199 e. The average Bonchev–Trinajstić information content (AvgIpc) is 2.78. The molecule has 1 aliphatic rings. The van der Waals surface area contributed by atoms with E-state index in [1.165, 1.54) is 6.21 Å². The first-order valence-corrected chi connectivity index (χ1v) is 6.96. The fourth-order valence-corrected chi connectivity index (χ4v) is 2.38. The van der Waals surface area contributed by atoms with Crippen LogP contribution in [-0.2, 0) is 0 Å². The number of allylic oxidation sites excluding steroid dienone is 1. The number of benzene rings is 2. The molecule has 0 atom stereocenters. The molecule has 0 amide bonds. The molecule has 4 nitrogen and oxygen atoms in total. The van der Waals surface area contributed by atoms with Crippen molar-refractivity contribution in [2.75, 3.05) is 19.0 Å². The molecule has 2 aromatic rings. The van der Waals surface area contributed by atoms with Gasteiger partial charge in [-0.15, -0.1) is 0 Å². The summed E-state index contributed by atoms with van der Waals surface area (Å²) in [6.45, 7) is 0. The molecule has 0 saturated carbocycles. The van der Waals surface area contributed by atoms with Crippen LogP contribution in [0.2, 0.25) is 0 Å². The SMILES string of the molecule is CN(C)c1ccc(N=CC2=C(O)c3ccccc3C2=O)cc1. The topological polar surface area (TPSA) is 52.9 Å². The van der Waals surface area contributed by atoms with Crippen molar-refractivity contribution in [1.29, 1.82) is 0 Å². The number of aliphatic imine (C=N–C) groups is 1. The molecule has 1 N–H and O–H groups in total. The summed E-state index contributed by atoms with van der Waals surface area (Å²) in [7, 11) is 3.94. The van der Waals surface area contributed by atoms with Crippen LogP contribution in [0, 0.1) is 0 Å². The molecule has 4 heteroatoms. The Labute approximate surface area is 129 Å². The first kappa shape index (κ1) is 14.1. The molecule has 0 heterocycles. The first-order chi connectivity index (χ1) is 10.6. The third-order valence-electron chi connectivity index (χ3n) is 3.64. The Morgan fingerprint density at radius 3 is 2.23 bits per heavy atom. The van der Waals surface area contributed by atoms with E-state index >= 15 is 0 Å². The predicted molar refractivity (Wildman–Crippen MR) is 89.2 cm³/mol. The Morgan fingerprint density at radius 2 is 1.64 bits per heavy atom. The molecule has 0 saturated heterocycles. The van der Waals surface area contributed by atoms with Gasteiger partial charge in [-0.1, -0.05) is 24.3 Å². The molecular formula is C18H16N2O2. The van der Waals surface area contributed by atoms with Gasteiger partial charge in [-0.3, -0.25) is 9.79 Å². The zero-order valence-corrected chi connectivity index (χ0v) is 12.4. The number of hydrogen-bond donors (Lipinski definition) is 1. The van der Waals surface area contributed by atoms with E-state index in [0.717, 1.165) is 11.4 Å². The van der Waals surface area contributed by atoms with E-state index in [1.807, 2.05) is 43.3 Å². The Balaban J connectivity index is 1.87. The largest absolute Gasteiger partial charge is 0.506 e. The predicted octanol–water partition coefficient (Wildman–Crippen LogP) is 3.62. The van der Waals surface area contributed by atoms with Crippen molar-refractivity contribution in [1.82, 2.24) is 0 Å². The molecule has 1 aliphatic carbocycles. The number of fused-ring (bicyclic) bond motifs is 1. The monoisotopic (exact) mass is 292 g/mol. The van der Waals surface area contributed by atoms with Gasteiger partial charge in [0.05, 0.1) is 11.3 Å². The number of aliphatic hydroxyl groups excluding tert-OH is 1. The normalized spacial score (nSPS) is 13.8. The van der Waals surface area contributed by atoms with E-state index in [9.17, 15) is 9.90 Å². The van der Waals surface area contributed by atoms with Crippen molar-refractivity contribution in [3.8, 4) is 0 Å². The Morgan fingerprint density at radius 1 is 1.00 bits per heavy atom. The highest BCUT2D eigenvalue weighted by molar-refractivity contribution is 6.30. The van der Waals surface area contributed by atoms with E-state index in [2.05, 4.69) is 4.99 Å². The number of anilines is 1. The van der Waals surface area contributed by atoms with Crippen LogP contribution in [0.25, 0.3) is 5.76 Å². The van der Waals surface area contributed by atoms with E-state index in [-0.39, 0.29) is 17.1 Å². The van der Waals surface area contributed by atoms with Crippen LogP contribution < -0.4 is 4.90 Å². The van der Waals surface area contributed by atoms with Crippen molar-refractivity contribution in [2.24, 2.45) is 4.99 Å². The van der Waals surface area contributed by atoms with Crippen LogP contribution in [0.1, 0.15) is 15.9 Å². The van der Waals surface area contributed by atoms with Gasteiger partial charge < -0.3 is 10.0 Å². The number of nitrogens with zero attached hydrogens (tertiary/aromatic N) is 2. The Kier molecular flexibility index (Phi) is 3.51. The molecule has 2 aromatic carbocycles. The van der Waals surface area contributed by atoms with E-state index in [1.54, 1.807) is 24.3 Å². The second-order valence-corrected chi connectivity index (χ2v) is 5.31. The summed E-state index contributed by atoms with van der Waals surface area (Å²) in [4.78, 5) is 18.5. The van der Waals surface area contributed by atoms with Gasteiger partial charge in [-0.2, -0.15) is 0 Å². The fourth-order valence-electron chi connectivity index (χ4n) is 2.38. The first-order valence-electron chi connectivity index (χ1n) is 6.96. The molecule has 0 spiro atoms. The van der Waals surface area contributed by atoms with Gasteiger partial charge in [0.1, 0.15) is 5.76 Å². The van der Waals surface area contributed by atoms with Crippen LogP contribution in [0.5, 0.6) is 0 Å². The highest BCUT2D eigenvalue weighted by Crippen LogP contribution is 2.30. The summed E-state index contributed by atoms with van der Waals surface area (Å²) >= 11 is 0. The molecule has 0 aromatic heterocycles. The van der Waals surface area contributed by atoms with Crippen molar-refractivity contribution < 1.29 is 9.90 Å².